The summed E-state index contributed by atoms with van der Waals surface area (Å²) in [5.74, 6) is -1.34. The van der Waals surface area contributed by atoms with Crippen LogP contribution in [-0.2, 0) is 44.4 Å². The van der Waals surface area contributed by atoms with Crippen LogP contribution in [0, 0.1) is 0 Å². The first-order chi connectivity index (χ1) is 19.2. The van der Waals surface area contributed by atoms with E-state index in [2.05, 4.69) is 0 Å². The van der Waals surface area contributed by atoms with Crippen molar-refractivity contribution < 1.29 is 57.4 Å². The Morgan fingerprint density at radius 2 is 1.65 bits per heavy atom. The van der Waals surface area contributed by atoms with Gasteiger partial charge in [-0.05, 0) is 36.2 Å². The van der Waals surface area contributed by atoms with Gasteiger partial charge in [0.25, 0.3) is 6.48 Å². The maximum atomic E-state index is 13.3. The summed E-state index contributed by atoms with van der Waals surface area (Å²) in [6.07, 6.45) is -5.04. The normalized spacial score (nSPS) is 25.8. The van der Waals surface area contributed by atoms with Crippen LogP contribution in [-0.4, -0.2) is 80.8 Å². The van der Waals surface area contributed by atoms with Crippen molar-refractivity contribution in [2.24, 2.45) is 0 Å². The Balaban J connectivity index is 1.59. The molecule has 2 aromatic rings. The van der Waals surface area contributed by atoms with Crippen LogP contribution in [0.2, 0.25) is 0 Å². The van der Waals surface area contributed by atoms with Crippen molar-refractivity contribution in [1.82, 2.24) is 0 Å². The van der Waals surface area contributed by atoms with Gasteiger partial charge in [0, 0.05) is 27.4 Å². The summed E-state index contributed by atoms with van der Waals surface area (Å²) in [5, 5.41) is 10.6. The van der Waals surface area contributed by atoms with E-state index >= 15 is 0 Å². The van der Waals surface area contributed by atoms with Crippen LogP contribution in [0.5, 0.6) is 17.2 Å². The number of phenols is 1. The Bertz CT molecular complexity index is 1200. The summed E-state index contributed by atoms with van der Waals surface area (Å²) >= 11 is 0. The molecule has 0 aliphatic carbocycles. The second-order valence-electron chi connectivity index (χ2n) is 9.19. The number of benzene rings is 2. The van der Waals surface area contributed by atoms with E-state index in [1.54, 1.807) is 19.2 Å². The zero-order valence-electron chi connectivity index (χ0n) is 22.6. The number of carbonyl (C=O) groups is 3. The van der Waals surface area contributed by atoms with Gasteiger partial charge in [0.05, 0.1) is 13.7 Å². The van der Waals surface area contributed by atoms with Gasteiger partial charge in [0.2, 0.25) is 12.4 Å². The predicted octanol–water partition coefficient (Wildman–Crippen LogP) is 2.53. The molecule has 2 aromatic carbocycles. The molecule has 12 heteroatoms. The zero-order chi connectivity index (χ0) is 28.8. The monoisotopic (exact) mass is 560 g/mol. The molecule has 0 aromatic heterocycles. The SMILES string of the molecule is COc1ccc(CCC(=O)c2c(O)cccc2O[C@@H]2O[C@@H]3CO[C@@H](OC)O[C@H]3[C@H](OC(C)=O)[C@H]2OC(C)=O)cc1. The highest BCUT2D eigenvalue weighted by molar-refractivity contribution is 6.01. The van der Waals surface area contributed by atoms with Gasteiger partial charge in [-0.3, -0.25) is 14.4 Å². The van der Waals surface area contributed by atoms with E-state index < -0.39 is 49.1 Å². The number of aromatic hydroxyl groups is 1. The second kappa shape index (κ2) is 13.1. The Morgan fingerprint density at radius 1 is 0.950 bits per heavy atom. The molecule has 216 valence electrons. The first-order valence-electron chi connectivity index (χ1n) is 12.6. The number of Topliss-reactive ketones (excluding diaryl/α,β-unsaturated/α-hetero) is 1. The van der Waals surface area contributed by atoms with E-state index in [1.807, 2.05) is 12.1 Å². The summed E-state index contributed by atoms with van der Waals surface area (Å²) in [7, 11) is 2.94. The van der Waals surface area contributed by atoms with Crippen LogP contribution in [0.15, 0.2) is 42.5 Å². The van der Waals surface area contributed by atoms with E-state index in [0.29, 0.717) is 12.2 Å². The lowest BCUT2D eigenvalue weighted by Gasteiger charge is -2.47. The minimum absolute atomic E-state index is 0.00526. The molecule has 0 unspecified atom stereocenters. The van der Waals surface area contributed by atoms with Crippen molar-refractivity contribution in [2.45, 2.75) is 63.9 Å². The molecule has 0 spiro atoms. The van der Waals surface area contributed by atoms with Crippen LogP contribution in [0.1, 0.15) is 36.2 Å². The summed E-state index contributed by atoms with van der Waals surface area (Å²) in [5.41, 5.74) is 0.836. The number of ketones is 1. The van der Waals surface area contributed by atoms with Gasteiger partial charge in [-0.1, -0.05) is 18.2 Å². The minimum atomic E-state index is -1.35. The summed E-state index contributed by atoms with van der Waals surface area (Å²) in [4.78, 5) is 37.3. The zero-order valence-corrected chi connectivity index (χ0v) is 22.6. The third-order valence-electron chi connectivity index (χ3n) is 6.38. The van der Waals surface area contributed by atoms with Crippen LogP contribution < -0.4 is 9.47 Å². The van der Waals surface area contributed by atoms with Crippen LogP contribution in [0.3, 0.4) is 0 Å². The van der Waals surface area contributed by atoms with E-state index in [0.717, 1.165) is 5.56 Å². The summed E-state index contributed by atoms with van der Waals surface area (Å²) < 4.78 is 44.5. The lowest BCUT2D eigenvalue weighted by Crippen LogP contribution is -2.65. The summed E-state index contributed by atoms with van der Waals surface area (Å²) in [6, 6.07) is 11.6. The highest BCUT2D eigenvalue weighted by Crippen LogP contribution is 2.36. The van der Waals surface area contributed by atoms with Gasteiger partial charge in [-0.25, -0.2) is 0 Å². The molecule has 4 rings (SSSR count). The number of fused-ring (bicyclic) bond motifs is 1. The first-order valence-corrected chi connectivity index (χ1v) is 12.6. The quantitative estimate of drug-likeness (QED) is 0.337. The third-order valence-corrected chi connectivity index (χ3v) is 6.38. The topological polar surface area (TPSA) is 145 Å². The highest BCUT2D eigenvalue weighted by atomic mass is 16.9. The number of rotatable bonds is 10. The number of esters is 2. The lowest BCUT2D eigenvalue weighted by molar-refractivity contribution is -0.394. The minimum Gasteiger partial charge on any atom is -0.507 e. The Labute approximate surface area is 231 Å². The summed E-state index contributed by atoms with van der Waals surface area (Å²) in [6.45, 7) is 1.31. The molecular formula is C28H32O12. The molecule has 2 aliphatic heterocycles. The molecule has 2 heterocycles. The Hall–Kier alpha value is -3.71. The van der Waals surface area contributed by atoms with E-state index in [4.69, 9.17) is 37.9 Å². The largest absolute Gasteiger partial charge is 0.507 e. The average molecular weight is 561 g/mol. The highest BCUT2D eigenvalue weighted by Gasteiger charge is 2.54. The van der Waals surface area contributed by atoms with E-state index in [1.165, 1.54) is 39.2 Å². The molecular weight excluding hydrogens is 528 g/mol. The molecule has 12 nitrogen and oxygen atoms in total. The number of aryl methyl sites for hydroxylation is 1. The van der Waals surface area contributed by atoms with E-state index in [9.17, 15) is 19.5 Å². The fourth-order valence-electron chi connectivity index (χ4n) is 4.58. The molecule has 6 atom stereocenters. The van der Waals surface area contributed by atoms with Gasteiger partial charge >= 0.3 is 11.9 Å². The molecule has 0 radical (unpaired) electrons. The van der Waals surface area contributed by atoms with Crippen molar-refractivity contribution in [3.05, 3.63) is 53.6 Å². The van der Waals surface area contributed by atoms with Crippen molar-refractivity contribution in [3.8, 4) is 17.2 Å². The number of ether oxygens (including phenoxy) is 8. The molecule has 2 saturated heterocycles. The fraction of sp³-hybridized carbons (Fsp3) is 0.464. The average Bonchev–Trinajstić information content (AvgIpc) is 2.93. The second-order valence-corrected chi connectivity index (χ2v) is 9.19. The number of hydrogen-bond donors (Lipinski definition) is 1. The number of carbonyl (C=O) groups excluding carboxylic acids is 3. The van der Waals surface area contributed by atoms with Gasteiger partial charge in [-0.2, -0.15) is 0 Å². The standard InChI is InChI=1S/C28H32O12/c1-15(29)36-25-24-22(14-35-28(34-4)40-24)39-27(26(25)37-16(2)30)38-21-7-5-6-19(31)23(21)20(32)13-10-17-8-11-18(33-3)12-9-17/h5-9,11-12,22,24-28,31H,10,13-14H2,1-4H3/t22-,24-,25+,26-,27-,28-/m1/s1. The van der Waals surface area contributed by atoms with Crippen LogP contribution in [0.25, 0.3) is 0 Å². The van der Waals surface area contributed by atoms with Crippen LogP contribution in [0.4, 0.5) is 0 Å². The molecule has 2 aliphatic rings. The fourth-order valence-corrected chi connectivity index (χ4v) is 4.58. The molecule has 40 heavy (non-hydrogen) atoms. The maximum absolute atomic E-state index is 13.3. The Morgan fingerprint density at radius 3 is 2.30 bits per heavy atom. The van der Waals surface area contributed by atoms with Gasteiger partial charge in [0.1, 0.15) is 35.0 Å². The van der Waals surface area contributed by atoms with Crippen molar-refractivity contribution in [3.63, 3.8) is 0 Å². The smallest absolute Gasteiger partial charge is 0.303 e. The van der Waals surface area contributed by atoms with Crippen molar-refractivity contribution in [1.29, 1.82) is 0 Å². The molecule has 1 N–H and O–H groups in total. The third kappa shape index (κ3) is 6.89. The van der Waals surface area contributed by atoms with Gasteiger partial charge in [-0.15, -0.1) is 0 Å². The molecule has 0 amide bonds. The number of methoxy groups -OCH3 is 2. The van der Waals surface area contributed by atoms with Crippen molar-refractivity contribution >= 4 is 17.7 Å². The lowest BCUT2D eigenvalue weighted by atomic mass is 9.97. The maximum Gasteiger partial charge on any atom is 0.303 e. The molecule has 0 bridgehead atoms. The predicted molar refractivity (Wildman–Crippen MR) is 136 cm³/mol. The first kappa shape index (κ1) is 29.3. The number of hydrogen-bond acceptors (Lipinski definition) is 12. The van der Waals surface area contributed by atoms with E-state index in [-0.39, 0.29) is 35.9 Å². The van der Waals surface area contributed by atoms with Crippen molar-refractivity contribution in [2.75, 3.05) is 20.8 Å². The molecule has 2 fully saturated rings. The van der Waals surface area contributed by atoms with Crippen LogP contribution >= 0.6 is 0 Å². The number of phenolic OH excluding ortho intramolecular Hbond substituents is 1. The Kier molecular flexibility index (Phi) is 9.58. The molecule has 0 saturated carbocycles. The van der Waals surface area contributed by atoms with Gasteiger partial charge < -0.3 is 43.0 Å². The van der Waals surface area contributed by atoms with Gasteiger partial charge in [0.15, 0.2) is 11.9 Å².